The molecule has 1 aromatic carbocycles. The van der Waals surface area contributed by atoms with Crippen molar-refractivity contribution in [2.75, 3.05) is 402 Å². The fourth-order valence-corrected chi connectivity index (χ4v) is 10.4. The van der Waals surface area contributed by atoms with E-state index in [0.29, 0.717) is 412 Å². The SMILES string of the molecule is CC(=O)Oc1ccc(C[C@H](C)CC(C)C(C)(C)C)cc1NC(=O)CCOCCOCCOCCCC(=O)C#CC(=O)NCCOCCOCCOCCC(=O)CCCOCCOCCOCCOCCOCCOCCOCCOCCOCCOCCOCCOCCOCCOCCOCCOCCOCCOCCOCCOCCOCCOCCOCCO.O=C=O. The van der Waals surface area contributed by atoms with Gasteiger partial charge in [0.2, 0.25) is 11.7 Å². The van der Waals surface area contributed by atoms with Crippen LogP contribution in [0.5, 0.6) is 5.75 Å². The first-order valence-corrected chi connectivity index (χ1v) is 45.9. The lowest BCUT2D eigenvalue weighted by atomic mass is 9.76. The van der Waals surface area contributed by atoms with Gasteiger partial charge in [-0.2, -0.15) is 9.59 Å². The van der Waals surface area contributed by atoms with Gasteiger partial charge in [-0.3, -0.25) is 24.0 Å². The summed E-state index contributed by atoms with van der Waals surface area (Å²) in [4.78, 5) is 77.2. The number of Topliss-reactive ketones (excluding diaryl/α,β-unsaturated/α-hetero) is 2. The van der Waals surface area contributed by atoms with Crippen molar-refractivity contribution in [2.45, 2.75) is 92.9 Å². The van der Waals surface area contributed by atoms with Crippen LogP contribution in [0.25, 0.3) is 0 Å². The Balaban J connectivity index is 0.0000555. The number of rotatable bonds is 103. The number of amides is 2. The van der Waals surface area contributed by atoms with Crippen LogP contribution >= 0.6 is 0 Å². The second-order valence-corrected chi connectivity index (χ2v) is 29.5. The molecule has 0 aliphatic heterocycles. The Morgan fingerprint density at radius 1 is 0.336 bits per heavy atom. The summed E-state index contributed by atoms with van der Waals surface area (Å²) in [6.07, 6.45) is 4.18. The van der Waals surface area contributed by atoms with E-state index < -0.39 is 11.9 Å². The summed E-state index contributed by atoms with van der Waals surface area (Å²) in [5.74, 6) is 4.33. The van der Waals surface area contributed by atoms with Crippen LogP contribution < -0.4 is 15.4 Å². The number of nitrogens with one attached hydrogen (secondary N) is 2. The summed E-state index contributed by atoms with van der Waals surface area (Å²) in [6, 6.07) is 5.53. The summed E-state index contributed by atoms with van der Waals surface area (Å²) < 4.78 is 165. The number of aliphatic hydroxyl groups is 1. The van der Waals surface area contributed by atoms with E-state index in [1.165, 1.54) is 6.92 Å². The number of benzene rings is 1. The highest BCUT2D eigenvalue weighted by atomic mass is 16.6. The molecule has 1 unspecified atom stereocenters. The predicted molar refractivity (Wildman–Crippen MR) is 477 cm³/mol. The first-order valence-electron chi connectivity index (χ1n) is 45.9. The first kappa shape index (κ1) is 126. The highest BCUT2D eigenvalue weighted by molar-refractivity contribution is 6.03. The summed E-state index contributed by atoms with van der Waals surface area (Å²) in [5.41, 5.74) is 1.72. The lowest BCUT2D eigenvalue weighted by Gasteiger charge is -2.29. The van der Waals surface area contributed by atoms with Crippen LogP contribution in [0.15, 0.2) is 18.2 Å². The standard InChI is InChI=1S/C90H162N2O36.CO2/c1-80(77-81(2)90(4,5)6)78-83-11-13-87(128-82(3)94)86(79-83)92-89(98)16-22-102-28-34-105-31-25-99-19-7-9-84(95)12-14-88(97)91-17-23-103-29-35-107-33-27-101-21-15-85(96)10-8-20-100-26-32-106-37-39-109-41-43-111-45-47-113-49-51-115-53-55-117-57-59-119-61-63-121-65-67-123-69-71-125-73-75-127-76-74-126-72-70-124-68-66-122-64-62-120-60-58-118-56-54-116-52-50-114-48-46-112-44-42-110-40-38-108-36-30-104-24-18-93;2-1-3/h11,13,79-81,93H,7-10,15-78H2,1-6H3,(H,91,97)(H,92,98);/t80-,81?;/m1./s1. The predicted octanol–water partition coefficient (Wildman–Crippen LogP) is 4.29. The van der Waals surface area contributed by atoms with Crippen molar-refractivity contribution >= 4 is 41.2 Å². The maximum Gasteiger partial charge on any atom is 0.373 e. The highest BCUT2D eigenvalue weighted by Crippen LogP contribution is 2.33. The molecule has 0 aliphatic rings. The number of ketones is 2. The zero-order valence-electron chi connectivity index (χ0n) is 79.5. The van der Waals surface area contributed by atoms with Gasteiger partial charge in [-0.05, 0) is 66.6 Å². The quantitative estimate of drug-likeness (QED) is 0.0269. The highest BCUT2D eigenvalue weighted by Gasteiger charge is 2.23. The van der Waals surface area contributed by atoms with Gasteiger partial charge in [-0.1, -0.05) is 40.7 Å². The van der Waals surface area contributed by atoms with Crippen molar-refractivity contribution in [1.29, 1.82) is 0 Å². The summed E-state index contributed by atoms with van der Waals surface area (Å²) in [5, 5.41) is 14.1. The van der Waals surface area contributed by atoms with Gasteiger partial charge in [-0.25, -0.2) is 0 Å². The van der Waals surface area contributed by atoms with Gasteiger partial charge < -0.3 is 158 Å². The Labute approximate surface area is 777 Å². The van der Waals surface area contributed by atoms with Crippen molar-refractivity contribution in [3.8, 4) is 17.6 Å². The molecule has 0 radical (unpaired) electrons. The third-order valence-corrected chi connectivity index (χ3v) is 17.6. The molecular formula is C91H162N2O38. The number of aliphatic hydroxyl groups excluding tert-OH is 1. The van der Waals surface area contributed by atoms with E-state index in [0.717, 1.165) is 18.4 Å². The second kappa shape index (κ2) is 102. The van der Waals surface area contributed by atoms with Crippen LogP contribution in [-0.4, -0.2) is 437 Å². The van der Waals surface area contributed by atoms with Crippen molar-refractivity contribution in [3.63, 3.8) is 0 Å². The van der Waals surface area contributed by atoms with Gasteiger partial charge in [-0.15, -0.1) is 0 Å². The molecule has 1 rings (SSSR count). The Hall–Kier alpha value is -5.29. The van der Waals surface area contributed by atoms with Crippen molar-refractivity contribution in [3.05, 3.63) is 23.8 Å². The van der Waals surface area contributed by atoms with Gasteiger partial charge in [0.25, 0.3) is 5.91 Å². The van der Waals surface area contributed by atoms with E-state index in [1.54, 1.807) is 6.07 Å². The Morgan fingerprint density at radius 2 is 0.595 bits per heavy atom. The lowest BCUT2D eigenvalue weighted by molar-refractivity contribution is -0.191. The zero-order chi connectivity index (χ0) is 95.2. The van der Waals surface area contributed by atoms with E-state index in [4.69, 9.17) is 157 Å². The van der Waals surface area contributed by atoms with Gasteiger partial charge >= 0.3 is 12.1 Å². The largest absolute Gasteiger partial charge is 0.424 e. The third-order valence-electron chi connectivity index (χ3n) is 17.6. The van der Waals surface area contributed by atoms with Crippen LogP contribution in [-0.2, 0) is 177 Å². The molecule has 0 aromatic heterocycles. The minimum Gasteiger partial charge on any atom is -0.424 e. The summed E-state index contributed by atoms with van der Waals surface area (Å²) in [7, 11) is 0. The average Bonchev–Trinajstić information content (AvgIpc) is 0.841. The molecule has 3 N–H and O–H groups in total. The van der Waals surface area contributed by atoms with Crippen molar-refractivity contribution < 1.29 is 181 Å². The molecule has 764 valence electrons. The van der Waals surface area contributed by atoms with Crippen molar-refractivity contribution in [2.24, 2.45) is 17.3 Å². The molecule has 40 heteroatoms. The lowest BCUT2D eigenvalue weighted by Crippen LogP contribution is -2.26. The second-order valence-electron chi connectivity index (χ2n) is 29.5. The van der Waals surface area contributed by atoms with Gasteiger partial charge in [0, 0.05) is 51.9 Å². The number of carbonyl (C=O) groups is 5. The van der Waals surface area contributed by atoms with E-state index >= 15 is 0 Å². The molecule has 0 saturated carbocycles. The summed E-state index contributed by atoms with van der Waals surface area (Å²) >= 11 is 0. The van der Waals surface area contributed by atoms with Crippen LogP contribution in [0.4, 0.5) is 5.69 Å². The Kier molecular flexibility index (Phi) is 98.0. The number of hydrogen-bond donors (Lipinski definition) is 3. The molecule has 2 atom stereocenters. The Morgan fingerprint density at radius 3 is 0.878 bits per heavy atom. The van der Waals surface area contributed by atoms with Crippen molar-refractivity contribution in [1.82, 2.24) is 5.32 Å². The molecule has 1 aromatic rings. The normalized spacial score (nSPS) is 11.9. The van der Waals surface area contributed by atoms with Crippen LogP contribution in [0.1, 0.15) is 92.1 Å². The molecular weight excluding hydrogens is 1730 g/mol. The van der Waals surface area contributed by atoms with Gasteiger partial charge in [0.15, 0.2) is 5.75 Å². The minimum absolute atomic E-state index is 0.0127. The number of anilines is 1. The number of carbonyl (C=O) groups excluding carboxylic acids is 7. The Bertz CT molecular complexity index is 2780. The molecule has 2 amide bonds. The zero-order valence-corrected chi connectivity index (χ0v) is 79.5. The van der Waals surface area contributed by atoms with Gasteiger partial charge in [0.05, 0.1) is 389 Å². The maximum absolute atomic E-state index is 12.8. The molecule has 131 heavy (non-hydrogen) atoms. The number of hydrogen-bond acceptors (Lipinski definition) is 38. The molecule has 0 aliphatic carbocycles. The smallest absolute Gasteiger partial charge is 0.373 e. The minimum atomic E-state index is -0.578. The number of ether oxygens (including phenoxy) is 30. The average molecular weight is 1890 g/mol. The molecule has 0 spiro atoms. The number of esters is 1. The van der Waals surface area contributed by atoms with E-state index in [1.807, 2.05) is 12.1 Å². The van der Waals surface area contributed by atoms with E-state index in [-0.39, 0.29) is 74.9 Å². The molecule has 0 bridgehead atoms. The van der Waals surface area contributed by atoms with Crippen LogP contribution in [0, 0.1) is 29.1 Å². The molecule has 0 fully saturated rings. The molecule has 0 saturated heterocycles. The molecule has 40 nitrogen and oxygen atoms in total. The summed E-state index contributed by atoms with van der Waals surface area (Å²) in [6.45, 7) is 37.8. The molecule has 0 heterocycles. The van der Waals surface area contributed by atoms with E-state index in [2.05, 4.69) is 57.1 Å². The monoisotopic (exact) mass is 1890 g/mol. The van der Waals surface area contributed by atoms with Crippen LogP contribution in [0.3, 0.4) is 0 Å². The first-order chi connectivity index (χ1) is 64.1. The fourth-order valence-electron chi connectivity index (χ4n) is 10.4. The fraction of sp³-hybridized carbons (Fsp3) is 0.846. The van der Waals surface area contributed by atoms with Gasteiger partial charge in [0.1, 0.15) is 5.78 Å². The van der Waals surface area contributed by atoms with E-state index in [9.17, 15) is 24.0 Å². The third kappa shape index (κ3) is 99.0. The maximum atomic E-state index is 12.8. The topological polar surface area (TPSA) is 441 Å². The van der Waals surface area contributed by atoms with Crippen LogP contribution in [0.2, 0.25) is 0 Å².